The molecule has 1 aliphatic carbocycles. The zero-order valence-corrected chi connectivity index (χ0v) is 19.7. The van der Waals surface area contributed by atoms with Crippen LogP contribution in [0.1, 0.15) is 54.1 Å². The van der Waals surface area contributed by atoms with E-state index in [9.17, 15) is 26.8 Å². The van der Waals surface area contributed by atoms with Crippen LogP contribution in [-0.2, 0) is 14.8 Å². The van der Waals surface area contributed by atoms with Gasteiger partial charge in [0, 0.05) is 17.7 Å². The zero-order chi connectivity index (χ0) is 24.6. The van der Waals surface area contributed by atoms with Crippen molar-refractivity contribution in [3.63, 3.8) is 0 Å². The molecule has 4 rings (SSSR count). The topological polar surface area (TPSA) is 110 Å². The fraction of sp³-hybridized carbons (Fsp3) is 0.391. The van der Waals surface area contributed by atoms with Gasteiger partial charge in [0.25, 0.3) is 5.91 Å². The van der Waals surface area contributed by atoms with E-state index in [1.807, 2.05) is 0 Å². The smallest absolute Gasteiger partial charge is 0.254 e. The lowest BCUT2D eigenvalue weighted by molar-refractivity contribution is -0.127. The van der Waals surface area contributed by atoms with Gasteiger partial charge >= 0.3 is 0 Å². The van der Waals surface area contributed by atoms with Crippen molar-refractivity contribution in [2.75, 3.05) is 6.54 Å². The van der Waals surface area contributed by atoms with Crippen LogP contribution in [0.5, 0.6) is 0 Å². The summed E-state index contributed by atoms with van der Waals surface area (Å²) in [5.41, 5.74) is 0.114. The number of primary sulfonamides is 1. The minimum absolute atomic E-state index is 0.0206. The number of nitrogens with one attached hydrogen (secondary N) is 1. The lowest BCUT2D eigenvalue weighted by Crippen LogP contribution is -2.52. The van der Waals surface area contributed by atoms with Crippen molar-refractivity contribution in [2.45, 2.75) is 49.1 Å². The minimum Gasteiger partial charge on any atom is -0.347 e. The summed E-state index contributed by atoms with van der Waals surface area (Å²) in [5.74, 6) is -2.50. The number of sulfonamides is 1. The summed E-state index contributed by atoms with van der Waals surface area (Å²) in [7, 11) is -4.00. The molecule has 0 unspecified atom stereocenters. The lowest BCUT2D eigenvalue weighted by atomic mass is 9.97. The van der Waals surface area contributed by atoms with Crippen molar-refractivity contribution in [3.8, 4) is 0 Å². The van der Waals surface area contributed by atoms with Crippen molar-refractivity contribution < 1.29 is 26.8 Å². The largest absolute Gasteiger partial charge is 0.347 e. The van der Waals surface area contributed by atoms with Gasteiger partial charge in [0.05, 0.1) is 16.0 Å². The predicted molar refractivity (Wildman–Crippen MR) is 121 cm³/mol. The fourth-order valence-corrected chi connectivity index (χ4v) is 5.03. The highest BCUT2D eigenvalue weighted by molar-refractivity contribution is 7.89. The molecule has 1 aliphatic heterocycles. The maximum atomic E-state index is 14.6. The van der Waals surface area contributed by atoms with Crippen molar-refractivity contribution >= 4 is 33.4 Å². The normalized spacial score (nSPS) is 19.5. The van der Waals surface area contributed by atoms with Gasteiger partial charge in [-0.1, -0.05) is 17.7 Å². The molecule has 2 aromatic rings. The maximum absolute atomic E-state index is 14.6. The first-order valence-electron chi connectivity index (χ1n) is 10.9. The minimum atomic E-state index is -4.00. The van der Waals surface area contributed by atoms with E-state index in [2.05, 4.69) is 5.32 Å². The average molecular weight is 512 g/mol. The Labute approximate surface area is 201 Å². The van der Waals surface area contributed by atoms with E-state index < -0.39 is 45.6 Å². The SMILES string of the molecule is NS(=O)(=O)c1cccc(C(=O)N2CCCC[C@@H]2C(=O)N[C@@H](c2cc(F)c(Cl)cc2F)C2CC2)c1. The Kier molecular flexibility index (Phi) is 6.93. The summed E-state index contributed by atoms with van der Waals surface area (Å²) in [5, 5.41) is 7.66. The van der Waals surface area contributed by atoms with Crippen LogP contribution in [0.4, 0.5) is 8.78 Å². The molecule has 7 nitrogen and oxygen atoms in total. The third-order valence-electron chi connectivity index (χ3n) is 6.24. The van der Waals surface area contributed by atoms with E-state index in [1.54, 1.807) is 0 Å². The Morgan fingerprint density at radius 2 is 1.82 bits per heavy atom. The van der Waals surface area contributed by atoms with E-state index in [1.165, 1.54) is 29.2 Å². The number of carbonyl (C=O) groups excluding carboxylic acids is 2. The number of amides is 2. The highest BCUT2D eigenvalue weighted by Gasteiger charge is 2.39. The van der Waals surface area contributed by atoms with Gasteiger partial charge in [-0.15, -0.1) is 0 Å². The lowest BCUT2D eigenvalue weighted by Gasteiger charge is -2.36. The second kappa shape index (κ2) is 9.59. The number of piperidine rings is 1. The Morgan fingerprint density at radius 3 is 2.50 bits per heavy atom. The first kappa shape index (κ1) is 24.6. The Balaban J connectivity index is 1.58. The number of nitrogens with zero attached hydrogens (tertiary/aromatic N) is 1. The summed E-state index contributed by atoms with van der Waals surface area (Å²) < 4.78 is 52.0. The number of carbonyl (C=O) groups is 2. The second-order valence-electron chi connectivity index (χ2n) is 8.69. The van der Waals surface area contributed by atoms with Crippen LogP contribution in [0.2, 0.25) is 5.02 Å². The third-order valence-corrected chi connectivity index (χ3v) is 7.44. The van der Waals surface area contributed by atoms with Gasteiger partial charge in [-0.3, -0.25) is 9.59 Å². The van der Waals surface area contributed by atoms with Crippen molar-refractivity contribution in [1.82, 2.24) is 10.2 Å². The third kappa shape index (κ3) is 5.24. The van der Waals surface area contributed by atoms with E-state index in [0.717, 1.165) is 25.0 Å². The van der Waals surface area contributed by atoms with Gasteiger partial charge in [-0.05, 0) is 68.4 Å². The second-order valence-corrected chi connectivity index (χ2v) is 10.7. The van der Waals surface area contributed by atoms with Gasteiger partial charge in [0.2, 0.25) is 15.9 Å². The molecule has 1 saturated heterocycles. The number of hydrogen-bond acceptors (Lipinski definition) is 4. The van der Waals surface area contributed by atoms with Gasteiger partial charge in [0.15, 0.2) is 0 Å². The average Bonchev–Trinajstić information content (AvgIpc) is 3.64. The van der Waals surface area contributed by atoms with E-state index in [-0.39, 0.29) is 27.0 Å². The molecule has 182 valence electrons. The predicted octanol–water partition coefficient (Wildman–Crippen LogP) is 3.53. The van der Waals surface area contributed by atoms with Gasteiger partial charge in [0.1, 0.15) is 17.7 Å². The summed E-state index contributed by atoms with van der Waals surface area (Å²) in [6, 6.07) is 5.65. The van der Waals surface area contributed by atoms with Crippen LogP contribution in [0.25, 0.3) is 0 Å². The number of rotatable bonds is 6. The first-order valence-corrected chi connectivity index (χ1v) is 12.9. The number of likely N-dealkylation sites (tertiary alicyclic amines) is 1. The Hall–Kier alpha value is -2.56. The van der Waals surface area contributed by atoms with E-state index >= 15 is 0 Å². The summed E-state index contributed by atoms with van der Waals surface area (Å²) in [4.78, 5) is 27.7. The van der Waals surface area contributed by atoms with E-state index in [0.29, 0.717) is 25.8 Å². The number of benzene rings is 2. The molecule has 2 fully saturated rings. The molecule has 2 aliphatic rings. The molecule has 3 N–H and O–H groups in total. The highest BCUT2D eigenvalue weighted by atomic mass is 35.5. The van der Waals surface area contributed by atoms with Crippen LogP contribution in [0.15, 0.2) is 41.3 Å². The molecule has 1 saturated carbocycles. The van der Waals surface area contributed by atoms with Gasteiger partial charge in [-0.25, -0.2) is 22.3 Å². The van der Waals surface area contributed by atoms with E-state index in [4.69, 9.17) is 16.7 Å². The number of halogens is 3. The molecule has 0 spiro atoms. The number of nitrogens with two attached hydrogens (primary N) is 1. The molecule has 0 bridgehead atoms. The maximum Gasteiger partial charge on any atom is 0.254 e. The highest BCUT2D eigenvalue weighted by Crippen LogP contribution is 2.42. The summed E-state index contributed by atoms with van der Waals surface area (Å²) in [6.45, 7) is 0.300. The molecule has 2 amide bonds. The first-order chi connectivity index (χ1) is 16.1. The molecular weight excluding hydrogens is 488 g/mol. The zero-order valence-electron chi connectivity index (χ0n) is 18.1. The van der Waals surface area contributed by atoms with Crippen LogP contribution >= 0.6 is 11.6 Å². The van der Waals surface area contributed by atoms with Gasteiger partial charge in [-0.2, -0.15) is 0 Å². The van der Waals surface area contributed by atoms with Crippen molar-refractivity contribution in [1.29, 1.82) is 0 Å². The van der Waals surface area contributed by atoms with Crippen LogP contribution in [0, 0.1) is 17.6 Å². The molecule has 34 heavy (non-hydrogen) atoms. The summed E-state index contributed by atoms with van der Waals surface area (Å²) >= 11 is 5.67. The Bertz CT molecular complexity index is 1240. The summed E-state index contributed by atoms with van der Waals surface area (Å²) in [6.07, 6.45) is 3.27. The Morgan fingerprint density at radius 1 is 1.09 bits per heavy atom. The molecule has 0 aromatic heterocycles. The van der Waals surface area contributed by atoms with Crippen LogP contribution in [0.3, 0.4) is 0 Å². The van der Waals surface area contributed by atoms with Crippen LogP contribution in [-0.4, -0.2) is 37.7 Å². The van der Waals surface area contributed by atoms with Gasteiger partial charge < -0.3 is 10.2 Å². The molecular formula is C23H24ClF2N3O4S. The van der Waals surface area contributed by atoms with Crippen molar-refractivity contribution in [3.05, 3.63) is 64.2 Å². The quantitative estimate of drug-likeness (QED) is 0.578. The molecule has 2 atom stereocenters. The van der Waals surface area contributed by atoms with Crippen molar-refractivity contribution in [2.24, 2.45) is 11.1 Å². The molecule has 1 heterocycles. The fourth-order valence-electron chi connectivity index (χ4n) is 4.32. The van der Waals surface area contributed by atoms with Crippen LogP contribution < -0.4 is 10.5 Å². The standard InChI is InChI=1S/C23H24ClF2N3O4S/c24-17-12-18(25)16(11-19(17)26)21(13-7-8-13)28-22(30)20-6-1-2-9-29(20)23(31)14-4-3-5-15(10-14)34(27,32)33/h3-5,10-13,20-21H,1-2,6-9H2,(H,28,30)(H2,27,32,33)/t20-,21-/m1/s1. The number of hydrogen-bond donors (Lipinski definition) is 2. The monoisotopic (exact) mass is 511 g/mol. The molecule has 0 radical (unpaired) electrons. The molecule has 11 heteroatoms. The molecule has 2 aromatic carbocycles.